The molecule has 122 valence electrons. The Morgan fingerprint density at radius 1 is 1.17 bits per heavy atom. The number of aromatic nitrogens is 2. The SMILES string of the molecule is O=C(Nc1ccn(Cc2cccc(F)c2)n1)c1cc(Cl)ccc1Cl. The molecular weight excluding hydrogens is 352 g/mol. The predicted molar refractivity (Wildman–Crippen MR) is 92.1 cm³/mol. The third-order valence-electron chi connectivity index (χ3n) is 3.29. The molecule has 24 heavy (non-hydrogen) atoms. The Morgan fingerprint density at radius 2 is 2.00 bits per heavy atom. The number of hydrogen-bond donors (Lipinski definition) is 1. The van der Waals surface area contributed by atoms with Gasteiger partial charge in [-0.05, 0) is 35.9 Å². The molecule has 0 aliphatic carbocycles. The van der Waals surface area contributed by atoms with Crippen molar-refractivity contribution in [2.24, 2.45) is 0 Å². The zero-order valence-electron chi connectivity index (χ0n) is 12.3. The number of amides is 1. The molecule has 0 aliphatic heterocycles. The highest BCUT2D eigenvalue weighted by molar-refractivity contribution is 6.36. The lowest BCUT2D eigenvalue weighted by molar-refractivity contribution is 0.102. The Morgan fingerprint density at radius 3 is 2.79 bits per heavy atom. The lowest BCUT2D eigenvalue weighted by Gasteiger charge is -2.05. The largest absolute Gasteiger partial charge is 0.305 e. The number of anilines is 1. The minimum absolute atomic E-state index is 0.267. The number of benzene rings is 2. The number of halogens is 3. The summed E-state index contributed by atoms with van der Waals surface area (Å²) in [6.45, 7) is 0.394. The summed E-state index contributed by atoms with van der Waals surface area (Å²) in [6.07, 6.45) is 1.69. The molecule has 1 heterocycles. The number of carbonyl (C=O) groups excluding carboxylic acids is 1. The summed E-state index contributed by atoms with van der Waals surface area (Å²) in [5.74, 6) is -0.338. The van der Waals surface area contributed by atoms with Crippen molar-refractivity contribution in [2.45, 2.75) is 6.54 Å². The molecule has 4 nitrogen and oxygen atoms in total. The maximum atomic E-state index is 13.2. The first kappa shape index (κ1) is 16.5. The van der Waals surface area contributed by atoms with Gasteiger partial charge in [0.1, 0.15) is 5.82 Å². The van der Waals surface area contributed by atoms with Gasteiger partial charge in [-0.1, -0.05) is 35.3 Å². The molecule has 1 aromatic heterocycles. The van der Waals surface area contributed by atoms with Crippen molar-refractivity contribution in [3.8, 4) is 0 Å². The van der Waals surface area contributed by atoms with Crippen molar-refractivity contribution in [3.63, 3.8) is 0 Å². The highest BCUT2D eigenvalue weighted by Gasteiger charge is 2.12. The lowest BCUT2D eigenvalue weighted by atomic mass is 10.2. The summed E-state index contributed by atoms with van der Waals surface area (Å²) in [6, 6.07) is 12.6. The van der Waals surface area contributed by atoms with E-state index in [-0.39, 0.29) is 11.4 Å². The topological polar surface area (TPSA) is 46.9 Å². The van der Waals surface area contributed by atoms with Crippen molar-refractivity contribution < 1.29 is 9.18 Å². The van der Waals surface area contributed by atoms with Crippen LogP contribution >= 0.6 is 23.2 Å². The van der Waals surface area contributed by atoms with Crippen LogP contribution in [0, 0.1) is 5.82 Å². The van der Waals surface area contributed by atoms with Crippen molar-refractivity contribution in [3.05, 3.63) is 81.7 Å². The van der Waals surface area contributed by atoms with Crippen LogP contribution in [0.1, 0.15) is 15.9 Å². The number of nitrogens with zero attached hydrogens (tertiary/aromatic N) is 2. The maximum absolute atomic E-state index is 13.2. The normalized spacial score (nSPS) is 10.6. The minimum atomic E-state index is -0.404. The Bertz CT molecular complexity index is 895. The van der Waals surface area contributed by atoms with Crippen molar-refractivity contribution in [1.29, 1.82) is 0 Å². The highest BCUT2D eigenvalue weighted by atomic mass is 35.5. The zero-order valence-corrected chi connectivity index (χ0v) is 13.9. The average molecular weight is 364 g/mol. The van der Waals surface area contributed by atoms with Gasteiger partial charge in [-0.3, -0.25) is 9.48 Å². The van der Waals surface area contributed by atoms with Gasteiger partial charge < -0.3 is 5.32 Å². The van der Waals surface area contributed by atoms with E-state index in [1.165, 1.54) is 18.2 Å². The molecule has 0 atom stereocenters. The van der Waals surface area contributed by atoms with Crippen LogP contribution in [0.25, 0.3) is 0 Å². The van der Waals surface area contributed by atoms with Gasteiger partial charge in [0, 0.05) is 17.3 Å². The van der Waals surface area contributed by atoms with Crippen LogP contribution in [0.5, 0.6) is 0 Å². The van der Waals surface area contributed by atoms with Crippen LogP contribution in [0.15, 0.2) is 54.7 Å². The Balaban J connectivity index is 1.72. The van der Waals surface area contributed by atoms with Gasteiger partial charge in [-0.2, -0.15) is 5.10 Å². The van der Waals surface area contributed by atoms with Gasteiger partial charge in [0.05, 0.1) is 17.1 Å². The quantitative estimate of drug-likeness (QED) is 0.734. The zero-order chi connectivity index (χ0) is 17.1. The van der Waals surface area contributed by atoms with Gasteiger partial charge >= 0.3 is 0 Å². The molecule has 3 rings (SSSR count). The van der Waals surface area contributed by atoms with Crippen molar-refractivity contribution in [1.82, 2.24) is 9.78 Å². The summed E-state index contributed by atoms with van der Waals surface area (Å²) < 4.78 is 14.8. The molecule has 0 spiro atoms. The molecule has 7 heteroatoms. The van der Waals surface area contributed by atoms with Crippen LogP contribution in [0.2, 0.25) is 10.0 Å². The minimum Gasteiger partial charge on any atom is -0.305 e. The molecular formula is C17H12Cl2FN3O. The third kappa shape index (κ3) is 3.93. The first-order valence-corrected chi connectivity index (χ1v) is 7.81. The standard InChI is InChI=1S/C17H12Cl2FN3O/c18-12-4-5-15(19)14(9-12)17(24)21-16-6-7-23(22-16)10-11-2-1-3-13(20)8-11/h1-9H,10H2,(H,21,22,24). The van der Waals surface area contributed by atoms with E-state index in [4.69, 9.17) is 23.2 Å². The van der Waals surface area contributed by atoms with Gasteiger partial charge in [0.15, 0.2) is 5.82 Å². The van der Waals surface area contributed by atoms with E-state index in [1.54, 1.807) is 41.2 Å². The van der Waals surface area contributed by atoms with Gasteiger partial charge in [-0.25, -0.2) is 4.39 Å². The second-order valence-electron chi connectivity index (χ2n) is 5.11. The molecule has 0 fully saturated rings. The van der Waals surface area contributed by atoms with Gasteiger partial charge in [0.25, 0.3) is 5.91 Å². The van der Waals surface area contributed by atoms with E-state index in [1.807, 2.05) is 0 Å². The Kier molecular flexibility index (Phi) is 4.83. The van der Waals surface area contributed by atoms with Crippen LogP contribution in [0.3, 0.4) is 0 Å². The summed E-state index contributed by atoms with van der Waals surface area (Å²) in [5, 5.41) is 7.61. The fourth-order valence-corrected chi connectivity index (χ4v) is 2.57. The van der Waals surface area contributed by atoms with Crippen molar-refractivity contribution in [2.75, 3.05) is 5.32 Å². The third-order valence-corrected chi connectivity index (χ3v) is 3.85. The molecule has 1 N–H and O–H groups in total. The highest BCUT2D eigenvalue weighted by Crippen LogP contribution is 2.21. The first-order valence-electron chi connectivity index (χ1n) is 7.05. The number of rotatable bonds is 4. The maximum Gasteiger partial charge on any atom is 0.258 e. The van der Waals surface area contributed by atoms with E-state index < -0.39 is 5.91 Å². The molecule has 0 unspecified atom stereocenters. The van der Waals surface area contributed by atoms with Crippen LogP contribution < -0.4 is 5.32 Å². The van der Waals surface area contributed by atoms with Crippen LogP contribution in [-0.4, -0.2) is 15.7 Å². The Labute approximate surface area is 147 Å². The van der Waals surface area contributed by atoms with E-state index in [2.05, 4.69) is 10.4 Å². The molecule has 0 saturated heterocycles. The fourth-order valence-electron chi connectivity index (χ4n) is 2.19. The van der Waals surface area contributed by atoms with Gasteiger partial charge in [-0.15, -0.1) is 0 Å². The van der Waals surface area contributed by atoms with E-state index in [9.17, 15) is 9.18 Å². The second kappa shape index (κ2) is 7.03. The summed E-state index contributed by atoms with van der Waals surface area (Å²) in [5.41, 5.74) is 1.04. The first-order chi connectivity index (χ1) is 11.5. The number of nitrogens with one attached hydrogen (secondary N) is 1. The average Bonchev–Trinajstić information content (AvgIpc) is 2.96. The van der Waals surface area contributed by atoms with E-state index in [0.29, 0.717) is 22.4 Å². The molecule has 0 saturated carbocycles. The molecule has 0 bridgehead atoms. The monoisotopic (exact) mass is 363 g/mol. The lowest BCUT2D eigenvalue weighted by Crippen LogP contribution is -2.13. The molecule has 2 aromatic carbocycles. The summed E-state index contributed by atoms with van der Waals surface area (Å²) >= 11 is 11.9. The van der Waals surface area contributed by atoms with Gasteiger partial charge in [0.2, 0.25) is 0 Å². The number of carbonyl (C=O) groups is 1. The summed E-state index contributed by atoms with van der Waals surface area (Å²) in [7, 11) is 0. The molecule has 0 aliphatic rings. The fraction of sp³-hybridized carbons (Fsp3) is 0.0588. The predicted octanol–water partition coefficient (Wildman–Crippen LogP) is 4.63. The van der Waals surface area contributed by atoms with E-state index >= 15 is 0 Å². The second-order valence-corrected chi connectivity index (χ2v) is 5.95. The Hall–Kier alpha value is -2.37. The summed E-state index contributed by atoms with van der Waals surface area (Å²) in [4.78, 5) is 12.2. The number of hydrogen-bond acceptors (Lipinski definition) is 2. The molecule has 1 amide bonds. The van der Waals surface area contributed by atoms with Crippen LogP contribution in [0.4, 0.5) is 10.2 Å². The molecule has 3 aromatic rings. The van der Waals surface area contributed by atoms with Crippen molar-refractivity contribution >= 4 is 34.9 Å². The smallest absolute Gasteiger partial charge is 0.258 e. The van der Waals surface area contributed by atoms with E-state index in [0.717, 1.165) is 5.56 Å². The van der Waals surface area contributed by atoms with Crippen LogP contribution in [-0.2, 0) is 6.54 Å². The molecule has 0 radical (unpaired) electrons.